The van der Waals surface area contributed by atoms with Gasteiger partial charge in [-0.3, -0.25) is 0 Å². The Bertz CT molecular complexity index is 305. The Hall–Kier alpha value is -0.860. The third-order valence-electron chi connectivity index (χ3n) is 2.73. The summed E-state index contributed by atoms with van der Waals surface area (Å²) in [5.41, 5.74) is 2.65. The van der Waals surface area contributed by atoms with Crippen molar-refractivity contribution in [2.45, 2.75) is 20.0 Å². The molecule has 2 heteroatoms. The summed E-state index contributed by atoms with van der Waals surface area (Å²) in [4.78, 5) is 0. The first-order valence-corrected chi connectivity index (χ1v) is 5.62. The lowest BCUT2D eigenvalue weighted by Gasteiger charge is -2.25. The quantitative estimate of drug-likeness (QED) is 0.736. The summed E-state index contributed by atoms with van der Waals surface area (Å²) in [5.74, 6) is 0.624. The SMILES string of the molecule is CCc1cccc(COCC2COC2)c1. The molecule has 2 rings (SSSR count). The van der Waals surface area contributed by atoms with Crippen LogP contribution < -0.4 is 0 Å². The molecule has 1 aromatic rings. The minimum absolute atomic E-state index is 0.624. The topological polar surface area (TPSA) is 18.5 Å². The van der Waals surface area contributed by atoms with Gasteiger partial charge in [0.05, 0.1) is 26.4 Å². The van der Waals surface area contributed by atoms with Crippen molar-refractivity contribution in [3.63, 3.8) is 0 Å². The van der Waals surface area contributed by atoms with Gasteiger partial charge in [0.1, 0.15) is 0 Å². The summed E-state index contributed by atoms with van der Waals surface area (Å²) >= 11 is 0. The van der Waals surface area contributed by atoms with Crippen molar-refractivity contribution in [2.24, 2.45) is 5.92 Å². The first-order valence-electron chi connectivity index (χ1n) is 5.62. The van der Waals surface area contributed by atoms with E-state index in [-0.39, 0.29) is 0 Å². The van der Waals surface area contributed by atoms with E-state index in [9.17, 15) is 0 Å². The normalized spacial score (nSPS) is 16.3. The number of aryl methyl sites for hydroxylation is 1. The molecule has 0 N–H and O–H groups in total. The Morgan fingerprint density at radius 3 is 2.80 bits per heavy atom. The van der Waals surface area contributed by atoms with Gasteiger partial charge in [0.25, 0.3) is 0 Å². The van der Waals surface area contributed by atoms with E-state index in [2.05, 4.69) is 31.2 Å². The van der Waals surface area contributed by atoms with Crippen LogP contribution in [-0.4, -0.2) is 19.8 Å². The van der Waals surface area contributed by atoms with Gasteiger partial charge in [-0.25, -0.2) is 0 Å². The molecule has 1 aliphatic rings. The third kappa shape index (κ3) is 3.05. The molecule has 1 aromatic carbocycles. The molecule has 1 fully saturated rings. The van der Waals surface area contributed by atoms with Crippen LogP contribution in [-0.2, 0) is 22.5 Å². The molecule has 0 spiro atoms. The van der Waals surface area contributed by atoms with Crippen LogP contribution in [0.5, 0.6) is 0 Å². The van der Waals surface area contributed by atoms with Crippen molar-refractivity contribution in [1.82, 2.24) is 0 Å². The number of hydrogen-bond acceptors (Lipinski definition) is 2. The zero-order valence-corrected chi connectivity index (χ0v) is 9.24. The standard InChI is InChI=1S/C13H18O2/c1-2-11-4-3-5-12(6-11)7-14-8-13-9-15-10-13/h3-6,13H,2,7-10H2,1H3. The fourth-order valence-corrected chi connectivity index (χ4v) is 1.66. The zero-order chi connectivity index (χ0) is 10.5. The maximum absolute atomic E-state index is 5.64. The van der Waals surface area contributed by atoms with E-state index in [0.29, 0.717) is 5.92 Å². The van der Waals surface area contributed by atoms with Gasteiger partial charge in [-0.1, -0.05) is 31.2 Å². The molecule has 82 valence electrons. The van der Waals surface area contributed by atoms with Gasteiger partial charge in [0.2, 0.25) is 0 Å². The first kappa shape index (κ1) is 10.7. The van der Waals surface area contributed by atoms with E-state index in [4.69, 9.17) is 9.47 Å². The van der Waals surface area contributed by atoms with Crippen LogP contribution in [0.15, 0.2) is 24.3 Å². The lowest BCUT2D eigenvalue weighted by Crippen LogP contribution is -2.31. The van der Waals surface area contributed by atoms with Crippen LogP contribution in [0.2, 0.25) is 0 Å². The summed E-state index contributed by atoms with van der Waals surface area (Å²) in [6.07, 6.45) is 1.09. The van der Waals surface area contributed by atoms with Crippen LogP contribution in [0.25, 0.3) is 0 Å². The maximum atomic E-state index is 5.64. The number of rotatable bonds is 5. The van der Waals surface area contributed by atoms with Crippen molar-refractivity contribution in [1.29, 1.82) is 0 Å². The smallest absolute Gasteiger partial charge is 0.0717 e. The highest BCUT2D eigenvalue weighted by Crippen LogP contribution is 2.12. The van der Waals surface area contributed by atoms with Crippen LogP contribution >= 0.6 is 0 Å². The monoisotopic (exact) mass is 206 g/mol. The zero-order valence-electron chi connectivity index (χ0n) is 9.24. The second-order valence-electron chi connectivity index (χ2n) is 4.09. The molecule has 1 aliphatic heterocycles. The number of benzene rings is 1. The third-order valence-corrected chi connectivity index (χ3v) is 2.73. The van der Waals surface area contributed by atoms with Gasteiger partial charge in [0.15, 0.2) is 0 Å². The molecular weight excluding hydrogens is 188 g/mol. The van der Waals surface area contributed by atoms with Gasteiger partial charge < -0.3 is 9.47 Å². The Kier molecular flexibility index (Phi) is 3.75. The number of ether oxygens (including phenoxy) is 2. The fraction of sp³-hybridized carbons (Fsp3) is 0.538. The molecular formula is C13H18O2. The molecule has 0 saturated carbocycles. The van der Waals surface area contributed by atoms with Crippen LogP contribution in [0, 0.1) is 5.92 Å². The van der Waals surface area contributed by atoms with Gasteiger partial charge in [0, 0.05) is 5.92 Å². The van der Waals surface area contributed by atoms with Gasteiger partial charge in [-0.05, 0) is 17.5 Å². The van der Waals surface area contributed by atoms with Crippen molar-refractivity contribution in [2.75, 3.05) is 19.8 Å². The molecule has 0 unspecified atom stereocenters. The highest BCUT2D eigenvalue weighted by atomic mass is 16.5. The molecule has 0 bridgehead atoms. The average Bonchev–Trinajstić information content (AvgIpc) is 2.22. The largest absolute Gasteiger partial charge is 0.381 e. The fourth-order valence-electron chi connectivity index (χ4n) is 1.66. The summed E-state index contributed by atoms with van der Waals surface area (Å²) in [5, 5.41) is 0. The highest BCUT2D eigenvalue weighted by Gasteiger charge is 2.17. The Morgan fingerprint density at radius 1 is 1.33 bits per heavy atom. The molecule has 1 saturated heterocycles. The van der Waals surface area contributed by atoms with Crippen molar-refractivity contribution in [3.05, 3.63) is 35.4 Å². The van der Waals surface area contributed by atoms with Crippen LogP contribution in [0.3, 0.4) is 0 Å². The van der Waals surface area contributed by atoms with E-state index in [1.165, 1.54) is 11.1 Å². The number of hydrogen-bond donors (Lipinski definition) is 0. The average molecular weight is 206 g/mol. The van der Waals surface area contributed by atoms with Crippen molar-refractivity contribution >= 4 is 0 Å². The highest BCUT2D eigenvalue weighted by molar-refractivity contribution is 5.22. The molecule has 0 amide bonds. The van der Waals surface area contributed by atoms with Crippen LogP contribution in [0.4, 0.5) is 0 Å². The molecule has 15 heavy (non-hydrogen) atoms. The molecule has 1 heterocycles. The summed E-state index contributed by atoms with van der Waals surface area (Å²) in [6, 6.07) is 8.60. The molecule has 0 atom stereocenters. The summed E-state index contributed by atoms with van der Waals surface area (Å²) < 4.78 is 10.7. The molecule has 2 nitrogen and oxygen atoms in total. The van der Waals surface area contributed by atoms with E-state index in [1.807, 2.05) is 0 Å². The van der Waals surface area contributed by atoms with Crippen LogP contribution in [0.1, 0.15) is 18.1 Å². The summed E-state index contributed by atoms with van der Waals surface area (Å²) in [6.45, 7) is 5.47. The minimum atomic E-state index is 0.624. The lowest BCUT2D eigenvalue weighted by atomic mass is 10.1. The lowest BCUT2D eigenvalue weighted by molar-refractivity contribution is -0.0745. The Morgan fingerprint density at radius 2 is 2.13 bits per heavy atom. The summed E-state index contributed by atoms with van der Waals surface area (Å²) in [7, 11) is 0. The first-order chi connectivity index (χ1) is 7.38. The van der Waals surface area contributed by atoms with Crippen molar-refractivity contribution in [3.8, 4) is 0 Å². The van der Waals surface area contributed by atoms with Gasteiger partial charge in [-0.15, -0.1) is 0 Å². The Labute approximate surface area is 91.2 Å². The molecule has 0 radical (unpaired) electrons. The predicted octanol–water partition coefficient (Wildman–Crippen LogP) is 2.41. The van der Waals surface area contributed by atoms with E-state index < -0.39 is 0 Å². The minimum Gasteiger partial charge on any atom is -0.381 e. The van der Waals surface area contributed by atoms with E-state index >= 15 is 0 Å². The second kappa shape index (κ2) is 5.29. The maximum Gasteiger partial charge on any atom is 0.0717 e. The van der Waals surface area contributed by atoms with Gasteiger partial charge >= 0.3 is 0 Å². The molecule has 0 aliphatic carbocycles. The predicted molar refractivity (Wildman–Crippen MR) is 59.8 cm³/mol. The van der Waals surface area contributed by atoms with E-state index in [0.717, 1.165) is 32.8 Å². The van der Waals surface area contributed by atoms with Crippen molar-refractivity contribution < 1.29 is 9.47 Å². The van der Waals surface area contributed by atoms with E-state index in [1.54, 1.807) is 0 Å². The van der Waals surface area contributed by atoms with Gasteiger partial charge in [-0.2, -0.15) is 0 Å². The molecule has 0 aromatic heterocycles. The second-order valence-corrected chi connectivity index (χ2v) is 4.09. The Balaban J connectivity index is 1.76.